The Hall–Kier alpha value is -2.24. The average Bonchev–Trinajstić information content (AvgIpc) is 2.35. The summed E-state index contributed by atoms with van der Waals surface area (Å²) in [5.74, 6) is -0.380. The fourth-order valence-electron chi connectivity index (χ4n) is 1.95. The Morgan fingerprint density at radius 2 is 1.95 bits per heavy atom. The van der Waals surface area contributed by atoms with E-state index in [1.165, 1.54) is 0 Å². The van der Waals surface area contributed by atoms with Gasteiger partial charge in [-0.25, -0.2) is 9.59 Å². The summed E-state index contributed by atoms with van der Waals surface area (Å²) in [7, 11) is 1.58. The Labute approximate surface area is 130 Å². The summed E-state index contributed by atoms with van der Waals surface area (Å²) in [6.45, 7) is 7.03. The number of benzene rings is 1. The Balaban J connectivity index is 2.78. The number of carboxylic acid groups (broad SMARTS) is 1. The molecule has 6 heteroatoms. The third-order valence-electron chi connectivity index (χ3n) is 2.89. The van der Waals surface area contributed by atoms with Crippen LogP contribution in [-0.2, 0) is 16.0 Å². The monoisotopic (exact) mass is 309 g/mol. The molecule has 0 aliphatic carbocycles. The lowest BCUT2D eigenvalue weighted by molar-refractivity contribution is -0.139. The smallest absolute Gasteiger partial charge is 0.408 e. The predicted molar refractivity (Wildman–Crippen MR) is 82.2 cm³/mol. The fraction of sp³-hybridized carbons (Fsp3) is 0.500. The third-order valence-corrected chi connectivity index (χ3v) is 2.89. The zero-order chi connectivity index (χ0) is 16.9. The van der Waals surface area contributed by atoms with Crippen LogP contribution in [0.5, 0.6) is 5.75 Å². The molecule has 1 unspecified atom stereocenters. The van der Waals surface area contributed by atoms with Gasteiger partial charge < -0.3 is 19.9 Å². The molecule has 0 aliphatic rings. The second-order valence-corrected chi connectivity index (χ2v) is 6.05. The number of nitrogens with one attached hydrogen (secondary N) is 1. The maximum absolute atomic E-state index is 11.7. The average molecular weight is 309 g/mol. The summed E-state index contributed by atoms with van der Waals surface area (Å²) in [5, 5.41) is 11.6. The van der Waals surface area contributed by atoms with Gasteiger partial charge in [0.05, 0.1) is 7.11 Å². The first-order chi connectivity index (χ1) is 10.1. The first-order valence-electron chi connectivity index (χ1n) is 6.98. The fourth-order valence-corrected chi connectivity index (χ4v) is 1.95. The van der Waals surface area contributed by atoms with Crippen LogP contribution in [0.1, 0.15) is 31.9 Å². The Morgan fingerprint density at radius 3 is 2.41 bits per heavy atom. The number of carbonyl (C=O) groups excluding carboxylic acids is 1. The number of aliphatic carboxylic acids is 1. The highest BCUT2D eigenvalue weighted by molar-refractivity contribution is 5.80. The van der Waals surface area contributed by atoms with Gasteiger partial charge in [-0.3, -0.25) is 0 Å². The van der Waals surface area contributed by atoms with Crippen LogP contribution in [0.25, 0.3) is 0 Å². The van der Waals surface area contributed by atoms with E-state index in [4.69, 9.17) is 9.47 Å². The van der Waals surface area contributed by atoms with Crippen molar-refractivity contribution >= 4 is 12.1 Å². The van der Waals surface area contributed by atoms with E-state index in [0.29, 0.717) is 0 Å². The highest BCUT2D eigenvalue weighted by atomic mass is 16.6. The molecule has 0 aliphatic heterocycles. The lowest BCUT2D eigenvalue weighted by Crippen LogP contribution is -2.44. The molecule has 1 aromatic carbocycles. The van der Waals surface area contributed by atoms with Gasteiger partial charge in [-0.15, -0.1) is 0 Å². The molecule has 1 atom stereocenters. The molecule has 122 valence electrons. The molecule has 0 bridgehead atoms. The number of carbonyl (C=O) groups is 2. The van der Waals surface area contributed by atoms with Crippen LogP contribution in [0.3, 0.4) is 0 Å². The van der Waals surface area contributed by atoms with Crippen LogP contribution in [-0.4, -0.2) is 35.9 Å². The van der Waals surface area contributed by atoms with Gasteiger partial charge in [-0.2, -0.15) is 0 Å². The predicted octanol–water partition coefficient (Wildman–Crippen LogP) is 2.52. The number of methoxy groups -OCH3 is 1. The summed E-state index contributed by atoms with van der Waals surface area (Å²) >= 11 is 0. The van der Waals surface area contributed by atoms with Gasteiger partial charge in [-0.05, 0) is 44.9 Å². The van der Waals surface area contributed by atoms with E-state index in [1.807, 2.05) is 13.0 Å². The van der Waals surface area contributed by atoms with Crippen molar-refractivity contribution in [3.8, 4) is 5.75 Å². The maximum Gasteiger partial charge on any atom is 0.408 e. The molecule has 0 saturated heterocycles. The zero-order valence-corrected chi connectivity index (χ0v) is 13.6. The Kier molecular flexibility index (Phi) is 5.79. The minimum Gasteiger partial charge on any atom is -0.496 e. The summed E-state index contributed by atoms with van der Waals surface area (Å²) in [6, 6.07) is 4.34. The summed E-state index contributed by atoms with van der Waals surface area (Å²) in [5.41, 5.74) is 1.02. The SMILES string of the molecule is COc1ccc(CC(NC(=O)OC(C)(C)C)C(=O)O)cc1C. The van der Waals surface area contributed by atoms with Crippen LogP contribution in [0.4, 0.5) is 4.79 Å². The van der Waals surface area contributed by atoms with Gasteiger partial charge in [-0.1, -0.05) is 12.1 Å². The number of alkyl carbamates (subject to hydrolysis) is 1. The normalized spacial score (nSPS) is 12.4. The van der Waals surface area contributed by atoms with E-state index in [2.05, 4.69) is 5.32 Å². The first-order valence-corrected chi connectivity index (χ1v) is 6.98. The molecular formula is C16H23NO5. The van der Waals surface area contributed by atoms with Gasteiger partial charge >= 0.3 is 12.1 Å². The molecule has 6 nitrogen and oxygen atoms in total. The Bertz CT molecular complexity index is 548. The van der Waals surface area contributed by atoms with Gasteiger partial charge in [0.1, 0.15) is 17.4 Å². The van der Waals surface area contributed by atoms with Crippen LogP contribution < -0.4 is 10.1 Å². The van der Waals surface area contributed by atoms with E-state index in [9.17, 15) is 14.7 Å². The molecule has 0 aromatic heterocycles. The van der Waals surface area contributed by atoms with Crippen molar-refractivity contribution in [1.82, 2.24) is 5.32 Å². The molecule has 0 radical (unpaired) electrons. The topological polar surface area (TPSA) is 84.9 Å². The number of amides is 1. The maximum atomic E-state index is 11.7. The number of rotatable bonds is 5. The molecule has 0 heterocycles. The van der Waals surface area contributed by atoms with Crippen LogP contribution in [0.2, 0.25) is 0 Å². The standard InChI is InChI=1S/C16H23NO5/c1-10-8-11(6-7-13(10)21-5)9-12(14(18)19)17-15(20)22-16(2,3)4/h6-8,12H,9H2,1-5H3,(H,17,20)(H,18,19). The van der Waals surface area contributed by atoms with Gasteiger partial charge in [0, 0.05) is 6.42 Å². The molecule has 2 N–H and O–H groups in total. The van der Waals surface area contributed by atoms with Crippen molar-refractivity contribution in [2.24, 2.45) is 0 Å². The quantitative estimate of drug-likeness (QED) is 0.873. The number of carboxylic acids is 1. The van der Waals surface area contributed by atoms with Crippen molar-refractivity contribution in [3.63, 3.8) is 0 Å². The van der Waals surface area contributed by atoms with Crippen molar-refractivity contribution < 1.29 is 24.2 Å². The second-order valence-electron chi connectivity index (χ2n) is 6.05. The van der Waals surface area contributed by atoms with Crippen molar-refractivity contribution in [1.29, 1.82) is 0 Å². The minimum atomic E-state index is -1.11. The van der Waals surface area contributed by atoms with E-state index < -0.39 is 23.7 Å². The molecule has 1 amide bonds. The number of aryl methyl sites for hydroxylation is 1. The van der Waals surface area contributed by atoms with Crippen LogP contribution in [0.15, 0.2) is 18.2 Å². The number of ether oxygens (including phenoxy) is 2. The highest BCUT2D eigenvalue weighted by Gasteiger charge is 2.24. The van der Waals surface area contributed by atoms with Crippen molar-refractivity contribution in [2.75, 3.05) is 7.11 Å². The second kappa shape index (κ2) is 7.15. The highest BCUT2D eigenvalue weighted by Crippen LogP contribution is 2.19. The van der Waals surface area contributed by atoms with E-state index in [0.717, 1.165) is 16.9 Å². The summed E-state index contributed by atoms with van der Waals surface area (Å²) in [6.07, 6.45) is -0.579. The summed E-state index contributed by atoms with van der Waals surface area (Å²) < 4.78 is 10.2. The van der Waals surface area contributed by atoms with Gasteiger partial charge in [0.15, 0.2) is 0 Å². The molecule has 0 fully saturated rings. The van der Waals surface area contributed by atoms with Crippen LogP contribution in [0, 0.1) is 6.92 Å². The van der Waals surface area contributed by atoms with E-state index >= 15 is 0 Å². The minimum absolute atomic E-state index is 0.166. The lowest BCUT2D eigenvalue weighted by Gasteiger charge is -2.22. The van der Waals surface area contributed by atoms with Crippen molar-refractivity contribution in [2.45, 2.75) is 45.8 Å². The summed E-state index contributed by atoms with van der Waals surface area (Å²) in [4.78, 5) is 23.0. The van der Waals surface area contributed by atoms with E-state index in [1.54, 1.807) is 40.0 Å². The molecule has 0 spiro atoms. The molecule has 1 aromatic rings. The largest absolute Gasteiger partial charge is 0.496 e. The Morgan fingerprint density at radius 1 is 1.32 bits per heavy atom. The number of hydrogen-bond donors (Lipinski definition) is 2. The first kappa shape index (κ1) is 17.8. The zero-order valence-electron chi connectivity index (χ0n) is 13.6. The van der Waals surface area contributed by atoms with Crippen LogP contribution >= 0.6 is 0 Å². The third kappa shape index (κ3) is 5.63. The molecule has 22 heavy (non-hydrogen) atoms. The number of hydrogen-bond acceptors (Lipinski definition) is 4. The van der Waals surface area contributed by atoms with E-state index in [-0.39, 0.29) is 6.42 Å². The molecule has 1 rings (SSSR count). The van der Waals surface area contributed by atoms with Crippen molar-refractivity contribution in [3.05, 3.63) is 29.3 Å². The molecule has 0 saturated carbocycles. The van der Waals surface area contributed by atoms with Gasteiger partial charge in [0.2, 0.25) is 0 Å². The molecular weight excluding hydrogens is 286 g/mol. The lowest BCUT2D eigenvalue weighted by atomic mass is 10.0. The van der Waals surface area contributed by atoms with Gasteiger partial charge in [0.25, 0.3) is 0 Å².